The Kier molecular flexibility index (Phi) is 7.53. The molecular weight excluding hydrogens is 507 g/mol. The second kappa shape index (κ2) is 10.4. The molecule has 12 heteroatoms. The number of amides is 3. The number of hydrogen-bond donors (Lipinski definition) is 2. The summed E-state index contributed by atoms with van der Waals surface area (Å²) in [5.74, 6) is -2.54. The highest BCUT2D eigenvalue weighted by molar-refractivity contribution is 6.35. The second-order valence-corrected chi connectivity index (χ2v) is 10.8. The van der Waals surface area contributed by atoms with Crippen LogP contribution in [0.5, 0.6) is 5.75 Å². The Bertz CT molecular complexity index is 1380. The van der Waals surface area contributed by atoms with Gasteiger partial charge in [-0.1, -0.05) is 12.1 Å². The quantitative estimate of drug-likeness (QED) is 0.520. The zero-order valence-electron chi connectivity index (χ0n) is 23.2. The van der Waals surface area contributed by atoms with Gasteiger partial charge in [0.15, 0.2) is 5.69 Å². The Morgan fingerprint density at radius 2 is 1.79 bits per heavy atom. The van der Waals surface area contributed by atoms with Crippen LogP contribution in [0.4, 0.5) is 4.39 Å². The predicted octanol–water partition coefficient (Wildman–Crippen LogP) is 0.917. The number of carbonyl (C=O) groups is 3. The number of hydrogen-bond acceptors (Lipinski definition) is 7. The molecule has 0 unspecified atom stereocenters. The smallest absolute Gasteiger partial charge is 0.311 e. The van der Waals surface area contributed by atoms with Gasteiger partial charge in [-0.05, 0) is 63.9 Å². The first-order valence-corrected chi connectivity index (χ1v) is 12.8. The van der Waals surface area contributed by atoms with Crippen molar-refractivity contribution < 1.29 is 23.5 Å². The van der Waals surface area contributed by atoms with Gasteiger partial charge in [0.05, 0.1) is 12.6 Å². The van der Waals surface area contributed by atoms with Crippen LogP contribution in [-0.4, -0.2) is 77.9 Å². The van der Waals surface area contributed by atoms with Crippen molar-refractivity contribution in [2.24, 2.45) is 0 Å². The molecule has 1 aromatic carbocycles. The molecule has 39 heavy (non-hydrogen) atoms. The predicted molar refractivity (Wildman–Crippen MR) is 141 cm³/mol. The van der Waals surface area contributed by atoms with Crippen LogP contribution in [-0.2, 0) is 28.2 Å². The largest absolute Gasteiger partial charge is 0.489 e. The number of benzene rings is 1. The molecule has 0 atom stereocenters. The van der Waals surface area contributed by atoms with Crippen LogP contribution in [0.15, 0.2) is 23.0 Å². The number of aromatic nitrogens is 2. The molecule has 2 bridgehead atoms. The van der Waals surface area contributed by atoms with Gasteiger partial charge in [0, 0.05) is 32.7 Å². The van der Waals surface area contributed by atoms with E-state index < -0.39 is 28.8 Å². The number of ether oxygens (including phenoxy) is 1. The number of aryl methyl sites for hydroxylation is 1. The molecule has 1 saturated carbocycles. The minimum absolute atomic E-state index is 0.0756. The van der Waals surface area contributed by atoms with E-state index in [-0.39, 0.29) is 41.7 Å². The molecule has 1 aromatic heterocycles. The van der Waals surface area contributed by atoms with Crippen LogP contribution in [0.2, 0.25) is 0 Å². The van der Waals surface area contributed by atoms with E-state index in [0.29, 0.717) is 36.8 Å². The Labute approximate surface area is 226 Å². The van der Waals surface area contributed by atoms with Gasteiger partial charge in [-0.25, -0.2) is 9.37 Å². The molecule has 2 aromatic rings. The lowest BCUT2D eigenvalue weighted by Crippen LogP contribution is -2.56. The molecule has 0 saturated heterocycles. The van der Waals surface area contributed by atoms with E-state index in [1.807, 2.05) is 14.1 Å². The molecule has 3 heterocycles. The summed E-state index contributed by atoms with van der Waals surface area (Å²) in [4.78, 5) is 60.5. The number of likely N-dealkylation sites (N-methyl/N-ethyl adjacent to an activating group) is 2. The van der Waals surface area contributed by atoms with Crippen LogP contribution in [0.3, 0.4) is 0 Å². The van der Waals surface area contributed by atoms with E-state index in [2.05, 4.69) is 20.5 Å². The normalized spacial score (nSPS) is 21.6. The summed E-state index contributed by atoms with van der Waals surface area (Å²) in [6, 6.07) is 4.51. The molecule has 3 amide bonds. The summed E-state index contributed by atoms with van der Waals surface area (Å²) < 4.78 is 20.5. The number of methoxy groups -OCH3 is 1. The summed E-state index contributed by atoms with van der Waals surface area (Å²) in [6.07, 6.45) is 2.11. The minimum Gasteiger partial charge on any atom is -0.489 e. The molecular formula is C27H35FN6O5. The first-order chi connectivity index (χ1) is 18.3. The molecule has 2 N–H and O–H groups in total. The van der Waals surface area contributed by atoms with E-state index in [0.717, 1.165) is 0 Å². The minimum atomic E-state index is -1.13. The van der Waals surface area contributed by atoms with Crippen molar-refractivity contribution >= 4 is 17.7 Å². The Balaban J connectivity index is 1.79. The lowest BCUT2D eigenvalue weighted by molar-refractivity contribution is -0.145. The van der Waals surface area contributed by atoms with Crippen molar-refractivity contribution in [3.8, 4) is 5.75 Å². The molecule has 5 rings (SSSR count). The average Bonchev–Trinajstić information content (AvgIpc) is 3.13. The lowest BCUT2D eigenvalue weighted by Gasteiger charge is -2.45. The first kappa shape index (κ1) is 28.2. The average molecular weight is 543 g/mol. The third kappa shape index (κ3) is 5.00. The topological polar surface area (TPSA) is 126 Å². The number of fused-ring (bicyclic) bond motifs is 2. The van der Waals surface area contributed by atoms with Crippen LogP contribution in [0.25, 0.3) is 0 Å². The van der Waals surface area contributed by atoms with Gasteiger partial charge in [-0.2, -0.15) is 0 Å². The van der Waals surface area contributed by atoms with Gasteiger partial charge in [-0.15, -0.1) is 0 Å². The van der Waals surface area contributed by atoms with Gasteiger partial charge in [-0.3, -0.25) is 23.7 Å². The van der Waals surface area contributed by atoms with E-state index in [1.165, 1.54) is 36.7 Å². The SMILES string of the molecule is COc1c(C(=O)NCc2ccc(F)c(C)c2)nc2n(c1=O)CC1(N(C)C)CCC2(NC(=O)C(=O)N(C)C)CC1. The molecule has 0 radical (unpaired) electrons. The van der Waals surface area contributed by atoms with Gasteiger partial charge >= 0.3 is 11.8 Å². The number of nitrogens with one attached hydrogen (secondary N) is 2. The van der Waals surface area contributed by atoms with Gasteiger partial charge in [0.25, 0.3) is 11.5 Å². The van der Waals surface area contributed by atoms with E-state index in [1.54, 1.807) is 19.1 Å². The monoisotopic (exact) mass is 542 g/mol. The maximum atomic E-state index is 13.8. The molecule has 11 nitrogen and oxygen atoms in total. The third-order valence-corrected chi connectivity index (χ3v) is 8.04. The summed E-state index contributed by atoms with van der Waals surface area (Å²) in [5.41, 5.74) is -1.16. The Hall–Kier alpha value is -3.80. The van der Waals surface area contributed by atoms with Crippen molar-refractivity contribution in [3.63, 3.8) is 0 Å². The summed E-state index contributed by atoms with van der Waals surface area (Å²) in [6.45, 7) is 1.99. The molecule has 210 valence electrons. The van der Waals surface area contributed by atoms with Gasteiger partial charge in [0.2, 0.25) is 5.75 Å². The van der Waals surface area contributed by atoms with Crippen LogP contribution >= 0.6 is 0 Å². The highest BCUT2D eigenvalue weighted by atomic mass is 19.1. The molecule has 0 spiro atoms. The van der Waals surface area contributed by atoms with Gasteiger partial charge in [0.1, 0.15) is 11.6 Å². The highest BCUT2D eigenvalue weighted by Crippen LogP contribution is 2.47. The van der Waals surface area contributed by atoms with Crippen LogP contribution in [0.1, 0.15) is 53.1 Å². The Morgan fingerprint density at radius 3 is 2.36 bits per heavy atom. The summed E-state index contributed by atoms with van der Waals surface area (Å²) in [7, 11) is 8.15. The maximum absolute atomic E-state index is 13.8. The maximum Gasteiger partial charge on any atom is 0.311 e. The first-order valence-electron chi connectivity index (χ1n) is 12.8. The lowest BCUT2D eigenvalue weighted by atomic mass is 9.72. The number of carbonyl (C=O) groups excluding carboxylic acids is 3. The van der Waals surface area contributed by atoms with Crippen molar-refractivity contribution in [2.45, 2.75) is 56.8 Å². The summed E-state index contributed by atoms with van der Waals surface area (Å²) in [5, 5.41) is 5.61. The van der Waals surface area contributed by atoms with E-state index in [4.69, 9.17) is 4.74 Å². The molecule has 1 fully saturated rings. The van der Waals surface area contributed by atoms with Crippen molar-refractivity contribution in [1.29, 1.82) is 0 Å². The standard InChI is InChI=1S/C27H35FN6O5/c1-16-13-17(7-8-18(16)28)14-29-21(35)19-20(39-6)23(37)34-15-26(33(4)5)9-11-27(12-10-26,25(34)30-19)31-22(36)24(38)32(2)3/h7-8,13H,9-12,14-15H2,1-6H3,(H,29,35)(H,31,36). The van der Waals surface area contributed by atoms with Crippen molar-refractivity contribution in [1.82, 2.24) is 30.0 Å². The fraction of sp³-hybridized carbons (Fsp3) is 0.519. The summed E-state index contributed by atoms with van der Waals surface area (Å²) >= 11 is 0. The molecule has 2 aliphatic heterocycles. The fourth-order valence-electron chi connectivity index (χ4n) is 5.53. The van der Waals surface area contributed by atoms with Crippen LogP contribution in [0, 0.1) is 12.7 Å². The molecule has 1 aliphatic carbocycles. The zero-order valence-corrected chi connectivity index (χ0v) is 23.2. The molecule has 3 aliphatic rings. The fourth-order valence-corrected chi connectivity index (χ4v) is 5.53. The van der Waals surface area contributed by atoms with Crippen LogP contribution < -0.4 is 20.9 Å². The van der Waals surface area contributed by atoms with Gasteiger partial charge < -0.3 is 25.2 Å². The third-order valence-electron chi connectivity index (χ3n) is 8.04. The number of rotatable bonds is 6. The Morgan fingerprint density at radius 1 is 1.13 bits per heavy atom. The highest BCUT2D eigenvalue weighted by Gasteiger charge is 2.53. The second-order valence-electron chi connectivity index (χ2n) is 10.8. The van der Waals surface area contributed by atoms with Crippen molar-refractivity contribution in [3.05, 3.63) is 57.0 Å². The van der Waals surface area contributed by atoms with E-state index in [9.17, 15) is 23.6 Å². The number of nitrogens with zero attached hydrogens (tertiary/aromatic N) is 4. The number of halogens is 1. The van der Waals surface area contributed by atoms with E-state index >= 15 is 0 Å². The zero-order chi connectivity index (χ0) is 28.7. The van der Waals surface area contributed by atoms with Crippen molar-refractivity contribution in [2.75, 3.05) is 35.3 Å².